The highest BCUT2D eigenvalue weighted by Gasteiger charge is 2.21. The van der Waals surface area contributed by atoms with E-state index in [0.717, 1.165) is 4.90 Å². The fourth-order valence-corrected chi connectivity index (χ4v) is 0.807. The molecule has 7 heteroatoms. The van der Waals surface area contributed by atoms with E-state index in [1.165, 1.54) is 0 Å². The van der Waals surface area contributed by atoms with Crippen molar-refractivity contribution in [3.05, 3.63) is 10.4 Å². The lowest BCUT2D eigenvalue weighted by Crippen LogP contribution is -2.42. The lowest BCUT2D eigenvalue weighted by molar-refractivity contribution is -0.145. The van der Waals surface area contributed by atoms with Gasteiger partial charge in [-0.2, -0.15) is 0 Å². The Morgan fingerprint density at radius 2 is 2.46 bits per heavy atom. The Morgan fingerprint density at radius 1 is 1.85 bits per heavy atom. The molecule has 0 aliphatic carbocycles. The average molecular weight is 186 g/mol. The van der Waals surface area contributed by atoms with Gasteiger partial charge in [0.15, 0.2) is 0 Å². The van der Waals surface area contributed by atoms with Gasteiger partial charge in [-0.3, -0.25) is 4.79 Å². The molecule has 1 atom stereocenters. The van der Waals surface area contributed by atoms with Crippen molar-refractivity contribution in [2.75, 3.05) is 13.1 Å². The minimum atomic E-state index is -1.18. The topological polar surface area (TPSA) is 106 Å². The summed E-state index contributed by atoms with van der Waals surface area (Å²) < 4.78 is 0. The molecule has 0 aromatic heterocycles. The van der Waals surface area contributed by atoms with Gasteiger partial charge < -0.3 is 10.0 Å². The highest BCUT2D eigenvalue weighted by atomic mass is 16.4. The molecule has 0 radical (unpaired) electrons. The third kappa shape index (κ3) is 3.44. The number of carboxylic acid groups (broad SMARTS) is 1. The summed E-state index contributed by atoms with van der Waals surface area (Å²) in [6, 6.07) is -1.07. The van der Waals surface area contributed by atoms with Crippen LogP contribution < -0.4 is 0 Å². The van der Waals surface area contributed by atoms with Crippen LogP contribution in [0, 0.1) is 0 Å². The molecule has 72 valence electrons. The molecule has 13 heavy (non-hydrogen) atoms. The summed E-state index contributed by atoms with van der Waals surface area (Å²) in [6.07, 6.45) is 0.422. The second-order valence-corrected chi connectivity index (χ2v) is 2.20. The molecule has 0 bridgehead atoms. The van der Waals surface area contributed by atoms with E-state index in [1.54, 1.807) is 6.92 Å². The van der Waals surface area contributed by atoms with Crippen LogP contribution in [-0.4, -0.2) is 41.5 Å². The predicted octanol–water partition coefficient (Wildman–Crippen LogP) is 0.228. The van der Waals surface area contributed by atoms with E-state index in [2.05, 4.69) is 10.0 Å². The quantitative estimate of drug-likeness (QED) is 0.277. The van der Waals surface area contributed by atoms with Crippen LogP contribution in [-0.2, 0) is 9.59 Å². The zero-order chi connectivity index (χ0) is 10.3. The van der Waals surface area contributed by atoms with E-state index in [4.69, 9.17) is 10.6 Å². The Labute approximate surface area is 74.6 Å². The Morgan fingerprint density at radius 3 is 2.77 bits per heavy atom. The standard InChI is InChI=1S/C6H10N4O3/c1-2-10(4-11)5(6(12)13)3-8-9-7/h4-5H,2-3H2,1H3,(H,12,13). The van der Waals surface area contributed by atoms with Gasteiger partial charge in [-0.05, 0) is 12.5 Å². The monoisotopic (exact) mass is 186 g/mol. The Kier molecular flexibility index (Phi) is 5.06. The minimum Gasteiger partial charge on any atom is -0.480 e. The Balaban J connectivity index is 4.46. The van der Waals surface area contributed by atoms with E-state index >= 15 is 0 Å². The Hall–Kier alpha value is -1.75. The van der Waals surface area contributed by atoms with Crippen molar-refractivity contribution >= 4 is 12.4 Å². The van der Waals surface area contributed by atoms with Crippen molar-refractivity contribution in [2.24, 2.45) is 5.11 Å². The lowest BCUT2D eigenvalue weighted by Gasteiger charge is -2.21. The van der Waals surface area contributed by atoms with Crippen LogP contribution in [0.5, 0.6) is 0 Å². The second-order valence-electron chi connectivity index (χ2n) is 2.20. The fraction of sp³-hybridized carbons (Fsp3) is 0.667. The lowest BCUT2D eigenvalue weighted by atomic mass is 10.2. The summed E-state index contributed by atoms with van der Waals surface area (Å²) in [5, 5.41) is 11.8. The smallest absolute Gasteiger partial charge is 0.326 e. The number of carbonyl (C=O) groups is 2. The summed E-state index contributed by atoms with van der Waals surface area (Å²) >= 11 is 0. The first kappa shape index (κ1) is 11.2. The summed E-state index contributed by atoms with van der Waals surface area (Å²) in [7, 11) is 0. The second kappa shape index (κ2) is 5.84. The molecule has 0 saturated carbocycles. The normalized spacial score (nSPS) is 11.2. The molecule has 0 saturated heterocycles. The van der Waals surface area contributed by atoms with Crippen LogP contribution in [0.25, 0.3) is 10.4 Å². The first-order valence-electron chi connectivity index (χ1n) is 3.62. The third-order valence-electron chi connectivity index (χ3n) is 1.50. The van der Waals surface area contributed by atoms with Gasteiger partial charge in [0.25, 0.3) is 0 Å². The van der Waals surface area contributed by atoms with Gasteiger partial charge in [-0.25, -0.2) is 4.79 Å². The SMILES string of the molecule is CCN(C=O)C(CN=[N+]=[N-])C(=O)O. The average Bonchev–Trinajstić information content (AvgIpc) is 2.11. The largest absolute Gasteiger partial charge is 0.480 e. The van der Waals surface area contributed by atoms with Crippen LogP contribution in [0.15, 0.2) is 5.11 Å². The van der Waals surface area contributed by atoms with Gasteiger partial charge in [0.05, 0.1) is 6.54 Å². The van der Waals surface area contributed by atoms with E-state index < -0.39 is 12.0 Å². The molecule has 7 nitrogen and oxygen atoms in total. The molecule has 0 heterocycles. The number of likely N-dealkylation sites (N-methyl/N-ethyl adjacent to an activating group) is 1. The molecule has 0 aromatic rings. The van der Waals surface area contributed by atoms with Crippen molar-refractivity contribution in [3.63, 3.8) is 0 Å². The van der Waals surface area contributed by atoms with Crippen molar-refractivity contribution in [1.82, 2.24) is 4.90 Å². The molecule has 0 aliphatic rings. The molecule has 1 amide bonds. The van der Waals surface area contributed by atoms with Crippen LogP contribution in [0.2, 0.25) is 0 Å². The maximum Gasteiger partial charge on any atom is 0.326 e. The Bertz CT molecular complexity index is 236. The molecular formula is C6H10N4O3. The summed E-state index contributed by atoms with van der Waals surface area (Å²) in [5.74, 6) is -1.18. The van der Waals surface area contributed by atoms with Gasteiger partial charge >= 0.3 is 5.97 Å². The van der Waals surface area contributed by atoms with Crippen molar-refractivity contribution in [1.29, 1.82) is 0 Å². The number of hydrogen-bond donors (Lipinski definition) is 1. The van der Waals surface area contributed by atoms with Crippen LogP contribution in [0.4, 0.5) is 0 Å². The third-order valence-corrected chi connectivity index (χ3v) is 1.50. The predicted molar refractivity (Wildman–Crippen MR) is 43.9 cm³/mol. The van der Waals surface area contributed by atoms with E-state index in [0.29, 0.717) is 6.41 Å². The number of nitrogens with zero attached hydrogens (tertiary/aromatic N) is 4. The van der Waals surface area contributed by atoms with Crippen molar-refractivity contribution in [3.8, 4) is 0 Å². The number of azide groups is 1. The molecule has 1 N–H and O–H groups in total. The van der Waals surface area contributed by atoms with Crippen LogP contribution in [0.3, 0.4) is 0 Å². The number of amides is 1. The van der Waals surface area contributed by atoms with Gasteiger partial charge in [0, 0.05) is 11.5 Å². The summed E-state index contributed by atoms with van der Waals surface area (Å²) in [6.45, 7) is 1.65. The number of hydrogen-bond acceptors (Lipinski definition) is 3. The summed E-state index contributed by atoms with van der Waals surface area (Å²) in [4.78, 5) is 24.4. The maximum absolute atomic E-state index is 10.6. The highest BCUT2D eigenvalue weighted by Crippen LogP contribution is 1.97. The van der Waals surface area contributed by atoms with Crippen molar-refractivity contribution in [2.45, 2.75) is 13.0 Å². The number of rotatable bonds is 6. The van der Waals surface area contributed by atoms with Gasteiger partial charge in [-0.1, -0.05) is 5.11 Å². The minimum absolute atomic E-state index is 0.252. The van der Waals surface area contributed by atoms with Crippen LogP contribution >= 0.6 is 0 Å². The molecule has 0 aromatic carbocycles. The highest BCUT2D eigenvalue weighted by molar-refractivity contribution is 5.76. The maximum atomic E-state index is 10.6. The van der Waals surface area contributed by atoms with E-state index in [9.17, 15) is 9.59 Å². The molecule has 1 unspecified atom stereocenters. The summed E-state index contributed by atoms with van der Waals surface area (Å²) in [5.41, 5.74) is 7.98. The van der Waals surface area contributed by atoms with Gasteiger partial charge in [0.1, 0.15) is 6.04 Å². The molecular weight excluding hydrogens is 176 g/mol. The number of carboxylic acids is 1. The van der Waals surface area contributed by atoms with Gasteiger partial charge in [0.2, 0.25) is 6.41 Å². The van der Waals surface area contributed by atoms with Gasteiger partial charge in [-0.15, -0.1) is 0 Å². The zero-order valence-electron chi connectivity index (χ0n) is 7.12. The fourth-order valence-electron chi connectivity index (χ4n) is 0.807. The first-order chi connectivity index (χ1) is 6.17. The zero-order valence-corrected chi connectivity index (χ0v) is 7.12. The first-order valence-corrected chi connectivity index (χ1v) is 3.62. The number of carbonyl (C=O) groups excluding carboxylic acids is 1. The molecule has 0 rings (SSSR count). The van der Waals surface area contributed by atoms with Crippen molar-refractivity contribution < 1.29 is 14.7 Å². The molecule has 0 aliphatic heterocycles. The number of aliphatic carboxylic acids is 1. The van der Waals surface area contributed by atoms with E-state index in [-0.39, 0.29) is 13.1 Å². The molecule has 0 spiro atoms. The molecule has 0 fully saturated rings. The van der Waals surface area contributed by atoms with E-state index in [1.807, 2.05) is 0 Å². The van der Waals surface area contributed by atoms with Crippen LogP contribution in [0.1, 0.15) is 6.92 Å².